The number of carbonyl (C=O) groups excluding carboxylic acids is 1. The van der Waals surface area contributed by atoms with Crippen LogP contribution in [0.25, 0.3) is 10.2 Å². The maximum absolute atomic E-state index is 14.2. The molecule has 0 unspecified atom stereocenters. The van der Waals surface area contributed by atoms with E-state index in [0.717, 1.165) is 49.7 Å². The Morgan fingerprint density at radius 1 is 1.16 bits per heavy atom. The lowest BCUT2D eigenvalue weighted by Gasteiger charge is -2.27. The van der Waals surface area contributed by atoms with E-state index in [-0.39, 0.29) is 11.7 Å². The molecule has 0 saturated carbocycles. The molecule has 0 N–H and O–H groups in total. The number of hydrogen-bond acceptors (Lipinski definition) is 6. The van der Waals surface area contributed by atoms with Crippen LogP contribution in [-0.2, 0) is 4.74 Å². The summed E-state index contributed by atoms with van der Waals surface area (Å²) in [6, 6.07) is 12.4. The van der Waals surface area contributed by atoms with Crippen molar-refractivity contribution in [2.24, 2.45) is 0 Å². The predicted molar refractivity (Wildman–Crippen MR) is 124 cm³/mol. The van der Waals surface area contributed by atoms with E-state index in [0.29, 0.717) is 22.8 Å². The van der Waals surface area contributed by atoms with E-state index in [2.05, 4.69) is 9.88 Å². The van der Waals surface area contributed by atoms with Crippen LogP contribution in [-0.4, -0.2) is 69.3 Å². The lowest BCUT2D eigenvalue weighted by Crippen LogP contribution is -2.39. The van der Waals surface area contributed by atoms with Crippen LogP contribution in [0.2, 0.25) is 0 Å². The van der Waals surface area contributed by atoms with Crippen molar-refractivity contribution < 1.29 is 13.9 Å². The number of anilines is 2. The van der Waals surface area contributed by atoms with Crippen LogP contribution in [0.4, 0.5) is 15.2 Å². The molecule has 3 aromatic rings. The summed E-state index contributed by atoms with van der Waals surface area (Å²) >= 11 is 1.35. The third kappa shape index (κ3) is 5.03. The van der Waals surface area contributed by atoms with Crippen molar-refractivity contribution in [2.45, 2.75) is 6.42 Å². The summed E-state index contributed by atoms with van der Waals surface area (Å²) in [6.07, 6.45) is 0.805. The monoisotopic (exact) mass is 442 g/mol. The third-order valence-electron chi connectivity index (χ3n) is 5.42. The molecule has 2 aromatic carbocycles. The molecular formula is C23H27FN4O2S. The van der Waals surface area contributed by atoms with E-state index < -0.39 is 0 Å². The molecule has 1 aliphatic heterocycles. The Bertz CT molecular complexity index is 1030. The lowest BCUT2D eigenvalue weighted by molar-refractivity contribution is 0.0376. The Morgan fingerprint density at radius 2 is 1.90 bits per heavy atom. The van der Waals surface area contributed by atoms with E-state index in [1.54, 1.807) is 11.0 Å². The van der Waals surface area contributed by atoms with Gasteiger partial charge in [0.15, 0.2) is 5.13 Å². The first-order valence-corrected chi connectivity index (χ1v) is 11.3. The van der Waals surface area contributed by atoms with Crippen molar-refractivity contribution in [3.8, 4) is 0 Å². The van der Waals surface area contributed by atoms with Crippen molar-refractivity contribution in [3.05, 3.63) is 53.8 Å². The van der Waals surface area contributed by atoms with Crippen LogP contribution in [0.5, 0.6) is 0 Å². The minimum absolute atomic E-state index is 0.119. The predicted octanol–water partition coefficient (Wildman–Crippen LogP) is 3.87. The Kier molecular flexibility index (Phi) is 6.80. The number of halogens is 1. The van der Waals surface area contributed by atoms with Gasteiger partial charge in [0.25, 0.3) is 5.91 Å². The number of nitrogens with zero attached hydrogens (tertiary/aromatic N) is 4. The Hall–Kier alpha value is -2.55. The maximum Gasteiger partial charge on any atom is 0.260 e. The average Bonchev–Trinajstić information content (AvgIpc) is 3.22. The quantitative estimate of drug-likeness (QED) is 0.556. The minimum atomic E-state index is -0.365. The Labute approximate surface area is 185 Å². The van der Waals surface area contributed by atoms with Crippen LogP contribution in [0, 0.1) is 5.82 Å². The van der Waals surface area contributed by atoms with Gasteiger partial charge in [-0.1, -0.05) is 17.4 Å². The van der Waals surface area contributed by atoms with Crippen molar-refractivity contribution in [1.29, 1.82) is 0 Å². The molecule has 0 bridgehead atoms. The molecule has 8 heteroatoms. The summed E-state index contributed by atoms with van der Waals surface area (Å²) in [4.78, 5) is 23.9. The van der Waals surface area contributed by atoms with Gasteiger partial charge in [0, 0.05) is 51.5 Å². The SMILES string of the molecule is CN(C)c1ccc(C(=O)N(CCCN2CCOCC2)c2nc3c(F)cccc3s2)cc1. The summed E-state index contributed by atoms with van der Waals surface area (Å²) in [7, 11) is 3.93. The summed E-state index contributed by atoms with van der Waals surface area (Å²) < 4.78 is 20.4. The van der Waals surface area contributed by atoms with E-state index in [1.807, 2.05) is 49.3 Å². The fourth-order valence-corrected chi connectivity index (χ4v) is 4.64. The highest BCUT2D eigenvalue weighted by molar-refractivity contribution is 7.22. The second-order valence-electron chi connectivity index (χ2n) is 7.79. The summed E-state index contributed by atoms with van der Waals surface area (Å²) in [5.74, 6) is -0.484. The number of benzene rings is 2. The molecule has 0 aliphatic carbocycles. The van der Waals surface area contributed by atoms with Crippen molar-refractivity contribution in [1.82, 2.24) is 9.88 Å². The Balaban J connectivity index is 1.57. The fraction of sp³-hybridized carbons (Fsp3) is 0.391. The first-order valence-electron chi connectivity index (χ1n) is 10.5. The van der Waals surface area contributed by atoms with Gasteiger partial charge in [-0.3, -0.25) is 14.6 Å². The topological polar surface area (TPSA) is 48.9 Å². The molecule has 2 heterocycles. The van der Waals surface area contributed by atoms with E-state index in [9.17, 15) is 9.18 Å². The minimum Gasteiger partial charge on any atom is -0.379 e. The fourth-order valence-electron chi connectivity index (χ4n) is 3.64. The third-order valence-corrected chi connectivity index (χ3v) is 6.47. The zero-order valence-electron chi connectivity index (χ0n) is 17.9. The molecule has 6 nitrogen and oxygen atoms in total. The van der Waals surface area contributed by atoms with Gasteiger partial charge in [0.2, 0.25) is 0 Å². The molecule has 4 rings (SSSR count). The van der Waals surface area contributed by atoms with Crippen LogP contribution in [0.15, 0.2) is 42.5 Å². The maximum atomic E-state index is 14.2. The molecule has 1 aromatic heterocycles. The molecule has 31 heavy (non-hydrogen) atoms. The number of hydrogen-bond donors (Lipinski definition) is 0. The molecule has 1 amide bonds. The smallest absolute Gasteiger partial charge is 0.260 e. The van der Waals surface area contributed by atoms with Gasteiger partial charge in [-0.05, 0) is 42.8 Å². The molecule has 0 radical (unpaired) electrons. The molecule has 1 fully saturated rings. The van der Waals surface area contributed by atoms with Gasteiger partial charge in [-0.2, -0.15) is 0 Å². The second-order valence-corrected chi connectivity index (χ2v) is 8.80. The van der Waals surface area contributed by atoms with Gasteiger partial charge >= 0.3 is 0 Å². The van der Waals surface area contributed by atoms with Gasteiger partial charge in [-0.15, -0.1) is 0 Å². The van der Waals surface area contributed by atoms with E-state index in [1.165, 1.54) is 17.4 Å². The highest BCUT2D eigenvalue weighted by atomic mass is 32.1. The van der Waals surface area contributed by atoms with Crippen LogP contribution >= 0.6 is 11.3 Å². The number of thiazole rings is 1. The van der Waals surface area contributed by atoms with E-state index >= 15 is 0 Å². The van der Waals surface area contributed by atoms with Crippen molar-refractivity contribution >= 4 is 38.3 Å². The van der Waals surface area contributed by atoms with Crippen LogP contribution in [0.3, 0.4) is 0 Å². The van der Waals surface area contributed by atoms with E-state index in [4.69, 9.17) is 4.74 Å². The molecular weight excluding hydrogens is 415 g/mol. The zero-order chi connectivity index (χ0) is 21.8. The first-order chi connectivity index (χ1) is 15.0. The number of aromatic nitrogens is 1. The molecule has 1 saturated heterocycles. The van der Waals surface area contributed by atoms with Crippen molar-refractivity contribution in [3.63, 3.8) is 0 Å². The lowest BCUT2D eigenvalue weighted by atomic mass is 10.1. The van der Waals surface area contributed by atoms with Gasteiger partial charge < -0.3 is 9.64 Å². The van der Waals surface area contributed by atoms with Crippen LogP contribution in [0.1, 0.15) is 16.8 Å². The largest absolute Gasteiger partial charge is 0.379 e. The van der Waals surface area contributed by atoms with Gasteiger partial charge in [-0.25, -0.2) is 9.37 Å². The molecule has 1 aliphatic rings. The zero-order valence-corrected chi connectivity index (χ0v) is 18.7. The molecule has 164 valence electrons. The van der Waals surface area contributed by atoms with Gasteiger partial charge in [0.1, 0.15) is 11.3 Å². The summed E-state index contributed by atoms with van der Waals surface area (Å²) in [5, 5.41) is 0.531. The highest BCUT2D eigenvalue weighted by Gasteiger charge is 2.22. The number of carbonyl (C=O) groups is 1. The standard InChI is InChI=1S/C23H27FN4O2S/c1-26(2)18-9-7-17(8-10-18)22(29)28(12-4-11-27-13-15-30-16-14-27)23-25-21-19(24)5-3-6-20(21)31-23/h3,5-10H,4,11-16H2,1-2H3. The highest BCUT2D eigenvalue weighted by Crippen LogP contribution is 2.31. The Morgan fingerprint density at radius 3 is 2.58 bits per heavy atom. The summed E-state index contributed by atoms with van der Waals surface area (Å²) in [5.41, 5.74) is 1.94. The molecule has 0 atom stereocenters. The first kappa shape index (κ1) is 21.7. The number of rotatable bonds is 7. The normalized spacial score (nSPS) is 14.7. The summed E-state index contributed by atoms with van der Waals surface area (Å²) in [6.45, 7) is 4.72. The van der Waals surface area contributed by atoms with Gasteiger partial charge in [0.05, 0.1) is 17.9 Å². The number of fused-ring (bicyclic) bond motifs is 1. The average molecular weight is 443 g/mol. The van der Waals surface area contributed by atoms with Crippen molar-refractivity contribution in [2.75, 3.05) is 63.3 Å². The second kappa shape index (κ2) is 9.72. The number of ether oxygens (including phenoxy) is 1. The molecule has 0 spiro atoms. The number of amides is 1. The number of morpholine rings is 1. The van der Waals surface area contributed by atoms with Crippen LogP contribution < -0.4 is 9.80 Å². The number of para-hydroxylation sites is 1.